The van der Waals surface area contributed by atoms with Crippen LogP contribution in [-0.2, 0) is 4.79 Å². The van der Waals surface area contributed by atoms with Gasteiger partial charge in [0, 0.05) is 12.3 Å². The van der Waals surface area contributed by atoms with Crippen LogP contribution in [-0.4, -0.2) is 50.6 Å². The topological polar surface area (TPSA) is 98.0 Å². The van der Waals surface area contributed by atoms with Crippen LogP contribution >= 0.6 is 0 Å². The molecular formula is C30H50O5. The van der Waals surface area contributed by atoms with Crippen LogP contribution in [0, 0.1) is 45.3 Å². The van der Waals surface area contributed by atoms with Gasteiger partial charge in [0.25, 0.3) is 0 Å². The van der Waals surface area contributed by atoms with Gasteiger partial charge in [-0.2, -0.15) is 0 Å². The Morgan fingerprint density at radius 1 is 1.09 bits per heavy atom. The van der Waals surface area contributed by atoms with E-state index in [4.69, 9.17) is 0 Å². The molecule has 4 fully saturated rings. The first-order chi connectivity index (χ1) is 16.1. The van der Waals surface area contributed by atoms with Crippen LogP contribution in [0.25, 0.3) is 0 Å². The average Bonchev–Trinajstić information content (AvgIpc) is 3.13. The van der Waals surface area contributed by atoms with Crippen LogP contribution in [0.5, 0.6) is 0 Å². The molecule has 200 valence electrons. The molecular weight excluding hydrogens is 440 g/mol. The minimum absolute atomic E-state index is 0.0282. The Morgan fingerprint density at radius 2 is 1.74 bits per heavy atom. The van der Waals surface area contributed by atoms with Crippen molar-refractivity contribution < 1.29 is 25.2 Å². The second-order valence-electron chi connectivity index (χ2n) is 14.4. The molecule has 4 saturated carbocycles. The highest BCUT2D eigenvalue weighted by Gasteiger charge is 2.73. The monoisotopic (exact) mass is 490 g/mol. The number of hydrogen-bond donors (Lipinski definition) is 4. The SMILES string of the molecule is C/C(=C/CC[C@](C)(O)[C@H]1CC[C@]2(C)[C@H]1C(=O)C[C@@H]1[C@@]3(C)CC[C@H](O)C(C)(C)[C@@H]3[C@@H](O)C[C@]12C)CO. The van der Waals surface area contributed by atoms with E-state index in [9.17, 15) is 25.2 Å². The van der Waals surface area contributed by atoms with Crippen molar-refractivity contribution in [2.75, 3.05) is 6.61 Å². The van der Waals surface area contributed by atoms with Gasteiger partial charge in [-0.25, -0.2) is 0 Å². The Balaban J connectivity index is 1.68. The van der Waals surface area contributed by atoms with E-state index in [-0.39, 0.29) is 46.5 Å². The Kier molecular flexibility index (Phi) is 6.74. The quantitative estimate of drug-likeness (QED) is 0.421. The molecule has 10 atom stereocenters. The third-order valence-corrected chi connectivity index (χ3v) is 12.2. The van der Waals surface area contributed by atoms with Crippen molar-refractivity contribution in [1.82, 2.24) is 0 Å². The van der Waals surface area contributed by atoms with E-state index < -0.39 is 23.2 Å². The predicted molar refractivity (Wildman–Crippen MR) is 137 cm³/mol. The summed E-state index contributed by atoms with van der Waals surface area (Å²) >= 11 is 0. The number of carbonyl (C=O) groups is 1. The summed E-state index contributed by atoms with van der Waals surface area (Å²) in [6.45, 7) is 14.9. The van der Waals surface area contributed by atoms with E-state index in [1.165, 1.54) is 0 Å². The number of aliphatic hydroxyl groups excluding tert-OH is 3. The highest BCUT2D eigenvalue weighted by Crippen LogP contribution is 2.75. The van der Waals surface area contributed by atoms with Crippen molar-refractivity contribution in [3.8, 4) is 0 Å². The number of hydrogen-bond acceptors (Lipinski definition) is 5. The average molecular weight is 491 g/mol. The summed E-state index contributed by atoms with van der Waals surface area (Å²) in [5.41, 5.74) is -1.12. The van der Waals surface area contributed by atoms with Gasteiger partial charge in [0.15, 0.2) is 0 Å². The van der Waals surface area contributed by atoms with E-state index in [1.807, 2.05) is 19.9 Å². The zero-order valence-electron chi connectivity index (χ0n) is 23.1. The lowest BCUT2D eigenvalue weighted by atomic mass is 9.34. The zero-order valence-corrected chi connectivity index (χ0v) is 23.1. The van der Waals surface area contributed by atoms with Gasteiger partial charge in [0.05, 0.1) is 24.4 Å². The molecule has 0 saturated heterocycles. The number of allylic oxidation sites excluding steroid dienone is 1. The maximum absolute atomic E-state index is 14.0. The zero-order chi connectivity index (χ0) is 26.2. The van der Waals surface area contributed by atoms with Gasteiger partial charge >= 0.3 is 0 Å². The molecule has 0 aromatic carbocycles. The highest BCUT2D eigenvalue weighted by molar-refractivity contribution is 5.84. The molecule has 0 bridgehead atoms. The molecule has 0 amide bonds. The molecule has 0 spiro atoms. The molecule has 0 aromatic heterocycles. The Bertz CT molecular complexity index is 876. The van der Waals surface area contributed by atoms with E-state index in [2.05, 4.69) is 34.6 Å². The number of rotatable bonds is 5. The van der Waals surface area contributed by atoms with Crippen LogP contribution in [0.4, 0.5) is 0 Å². The summed E-state index contributed by atoms with van der Waals surface area (Å²) in [5.74, 6) is 0.138. The largest absolute Gasteiger partial charge is 0.393 e. The second kappa shape index (κ2) is 8.64. The summed E-state index contributed by atoms with van der Waals surface area (Å²) < 4.78 is 0. The van der Waals surface area contributed by atoms with Gasteiger partial charge in [-0.1, -0.05) is 46.3 Å². The standard InChI is InChI=1S/C30H50O5/c1-18(17-31)9-8-12-30(7,35)19-10-14-28(5)24(19)20(32)15-22-27(4)13-11-23(34)26(2,3)25(27)21(33)16-29(22,28)6/h9,19,21-25,31,33-35H,8,10-17H2,1-7H3/b18-9-/t19-,21-,22+,23-,24+,25-,27+,28+,29+,30-/m0/s1. The fraction of sp³-hybridized carbons (Fsp3) is 0.900. The van der Waals surface area contributed by atoms with Crippen LogP contribution in [0.2, 0.25) is 0 Å². The summed E-state index contributed by atoms with van der Waals surface area (Å²) in [7, 11) is 0. The van der Waals surface area contributed by atoms with Gasteiger partial charge < -0.3 is 20.4 Å². The third-order valence-electron chi connectivity index (χ3n) is 12.2. The summed E-state index contributed by atoms with van der Waals surface area (Å²) in [6.07, 6.45) is 6.73. The van der Waals surface area contributed by atoms with Crippen LogP contribution in [0.1, 0.15) is 99.8 Å². The number of ketones is 1. The Hall–Kier alpha value is -0.750. The summed E-state index contributed by atoms with van der Waals surface area (Å²) in [5, 5.41) is 43.4. The fourth-order valence-corrected chi connectivity index (χ4v) is 10.2. The number of carbonyl (C=O) groups excluding carboxylic acids is 1. The molecule has 0 unspecified atom stereocenters. The van der Waals surface area contributed by atoms with E-state index in [0.717, 1.165) is 24.8 Å². The highest BCUT2D eigenvalue weighted by atomic mass is 16.3. The van der Waals surface area contributed by atoms with Gasteiger partial charge in [0.2, 0.25) is 0 Å². The third kappa shape index (κ3) is 3.82. The molecule has 5 nitrogen and oxygen atoms in total. The number of Topliss-reactive ketones (excluding diaryl/α,β-unsaturated/α-hetero) is 1. The molecule has 4 N–H and O–H groups in total. The van der Waals surface area contributed by atoms with Crippen molar-refractivity contribution >= 4 is 5.78 Å². The number of aliphatic hydroxyl groups is 4. The summed E-state index contributed by atoms with van der Waals surface area (Å²) in [6, 6.07) is 0. The summed E-state index contributed by atoms with van der Waals surface area (Å²) in [4.78, 5) is 14.0. The van der Waals surface area contributed by atoms with Crippen molar-refractivity contribution in [3.05, 3.63) is 11.6 Å². The normalized spacial score (nSPS) is 49.1. The molecule has 0 heterocycles. The van der Waals surface area contributed by atoms with E-state index in [1.54, 1.807) is 0 Å². The van der Waals surface area contributed by atoms with Crippen LogP contribution < -0.4 is 0 Å². The first kappa shape index (κ1) is 27.3. The first-order valence-electron chi connectivity index (χ1n) is 13.9. The lowest BCUT2D eigenvalue weighted by molar-refractivity contribution is -0.253. The van der Waals surface area contributed by atoms with Crippen LogP contribution in [0.3, 0.4) is 0 Å². The van der Waals surface area contributed by atoms with Gasteiger partial charge in [-0.05, 0) is 98.2 Å². The van der Waals surface area contributed by atoms with E-state index in [0.29, 0.717) is 37.9 Å². The molecule has 35 heavy (non-hydrogen) atoms. The van der Waals surface area contributed by atoms with Crippen molar-refractivity contribution in [2.45, 2.75) is 118 Å². The molecule has 5 heteroatoms. The van der Waals surface area contributed by atoms with Gasteiger partial charge in [-0.15, -0.1) is 0 Å². The maximum atomic E-state index is 14.0. The Morgan fingerprint density at radius 3 is 2.37 bits per heavy atom. The predicted octanol–water partition coefficient (Wildman–Crippen LogP) is 4.65. The lowest BCUT2D eigenvalue weighted by Gasteiger charge is -2.70. The molecule has 0 aliphatic heterocycles. The molecule has 4 aliphatic carbocycles. The molecule has 0 aromatic rings. The number of fused-ring (bicyclic) bond motifs is 5. The smallest absolute Gasteiger partial charge is 0.137 e. The van der Waals surface area contributed by atoms with Gasteiger partial charge in [-0.3, -0.25) is 4.79 Å². The van der Waals surface area contributed by atoms with Crippen molar-refractivity contribution in [2.24, 2.45) is 45.3 Å². The molecule has 4 aliphatic rings. The maximum Gasteiger partial charge on any atom is 0.137 e. The van der Waals surface area contributed by atoms with Gasteiger partial charge in [0.1, 0.15) is 5.78 Å². The lowest BCUT2D eigenvalue weighted by Crippen LogP contribution is -2.69. The van der Waals surface area contributed by atoms with Crippen molar-refractivity contribution in [3.63, 3.8) is 0 Å². The van der Waals surface area contributed by atoms with Crippen LogP contribution in [0.15, 0.2) is 11.6 Å². The second-order valence-corrected chi connectivity index (χ2v) is 14.4. The van der Waals surface area contributed by atoms with Crippen molar-refractivity contribution in [1.29, 1.82) is 0 Å². The first-order valence-corrected chi connectivity index (χ1v) is 13.9. The minimum Gasteiger partial charge on any atom is -0.393 e. The van der Waals surface area contributed by atoms with E-state index >= 15 is 0 Å². The molecule has 4 rings (SSSR count). The fourth-order valence-electron chi connectivity index (χ4n) is 10.2. The minimum atomic E-state index is -0.954. The Labute approximate surface area is 212 Å². The molecule has 0 radical (unpaired) electrons.